The smallest absolute Gasteiger partial charge is 0.179 e. The minimum Gasteiger partial charge on any atom is -0.420 e. The Kier molecular flexibility index (Phi) is 9.08. The van der Waals surface area contributed by atoms with Crippen LogP contribution < -0.4 is 0 Å². The van der Waals surface area contributed by atoms with Crippen LogP contribution in [0.2, 0.25) is 11.6 Å². The first-order valence-electron chi connectivity index (χ1n) is 9.77. The lowest BCUT2D eigenvalue weighted by Crippen LogP contribution is -2.26. The van der Waals surface area contributed by atoms with E-state index >= 15 is 0 Å². The van der Waals surface area contributed by atoms with E-state index in [-0.39, 0.29) is 5.41 Å². The molecule has 0 radical (unpaired) electrons. The molecule has 0 aliphatic heterocycles. The van der Waals surface area contributed by atoms with Crippen LogP contribution in [0.15, 0.2) is 30.3 Å². The third-order valence-corrected chi connectivity index (χ3v) is 8.47. The molecule has 3 heteroatoms. The first kappa shape index (κ1) is 22.1. The summed E-state index contributed by atoms with van der Waals surface area (Å²) in [5, 5.41) is 0.332. The average molecular weight is 363 g/mol. The van der Waals surface area contributed by atoms with Gasteiger partial charge < -0.3 is 9.22 Å². The van der Waals surface area contributed by atoms with E-state index in [1.807, 2.05) is 0 Å². The molecule has 2 atom stereocenters. The van der Waals surface area contributed by atoms with Crippen LogP contribution in [0.1, 0.15) is 72.3 Å². The van der Waals surface area contributed by atoms with Crippen LogP contribution in [0, 0.1) is 5.41 Å². The molecule has 0 fully saturated rings. The number of rotatable bonds is 11. The zero-order valence-corrected chi connectivity index (χ0v) is 18.4. The highest BCUT2D eigenvalue weighted by Crippen LogP contribution is 2.34. The number of unbranched alkanes of at least 4 members (excludes halogenated alkanes) is 1. The molecule has 142 valence electrons. The van der Waals surface area contributed by atoms with E-state index in [4.69, 9.17) is 4.43 Å². The zero-order chi connectivity index (χ0) is 18.9. The van der Waals surface area contributed by atoms with Crippen molar-refractivity contribution < 1.29 is 9.22 Å². The maximum absolute atomic E-state index is 11.7. The van der Waals surface area contributed by atoms with Gasteiger partial charge >= 0.3 is 0 Å². The maximum atomic E-state index is 11.7. The number of hydrogen-bond donors (Lipinski definition) is 0. The largest absolute Gasteiger partial charge is 0.420 e. The molecule has 0 bridgehead atoms. The van der Waals surface area contributed by atoms with Crippen LogP contribution in [0.4, 0.5) is 0 Å². The van der Waals surface area contributed by atoms with E-state index in [9.17, 15) is 4.79 Å². The van der Waals surface area contributed by atoms with Crippen molar-refractivity contribution in [3.05, 3.63) is 35.9 Å². The van der Waals surface area contributed by atoms with E-state index in [0.29, 0.717) is 17.2 Å². The molecule has 0 saturated carbocycles. The molecule has 1 aromatic rings. The highest BCUT2D eigenvalue weighted by molar-refractivity contribution is 6.53. The van der Waals surface area contributed by atoms with Gasteiger partial charge in [-0.3, -0.25) is 0 Å². The normalized spacial score (nSPS) is 15.6. The van der Waals surface area contributed by atoms with Gasteiger partial charge in [0.1, 0.15) is 5.78 Å². The molecule has 0 saturated heterocycles. The van der Waals surface area contributed by atoms with Gasteiger partial charge in [-0.05, 0) is 55.2 Å². The number of carbonyl (C=O) groups is 1. The Hall–Kier alpha value is -0.933. The fourth-order valence-corrected chi connectivity index (χ4v) is 4.18. The molecule has 1 unspecified atom stereocenters. The summed E-state index contributed by atoms with van der Waals surface area (Å²) in [6.07, 6.45) is 6.16. The summed E-state index contributed by atoms with van der Waals surface area (Å²) in [6.45, 7) is 14.0. The fourth-order valence-electron chi connectivity index (χ4n) is 3.16. The second-order valence-electron chi connectivity index (χ2n) is 9.01. The third kappa shape index (κ3) is 9.36. The van der Waals surface area contributed by atoms with E-state index in [1.165, 1.54) is 5.56 Å². The lowest BCUT2D eigenvalue weighted by atomic mass is 9.76. The van der Waals surface area contributed by atoms with E-state index in [0.717, 1.165) is 38.7 Å². The molecule has 2 nitrogen and oxygen atoms in total. The molecular weight excluding hydrogens is 324 g/mol. The summed E-state index contributed by atoms with van der Waals surface area (Å²) < 4.78 is 6.10. The summed E-state index contributed by atoms with van der Waals surface area (Å²) >= 11 is 0. The van der Waals surface area contributed by atoms with Crippen LogP contribution in [0.25, 0.3) is 0 Å². The Morgan fingerprint density at radius 2 is 1.68 bits per heavy atom. The van der Waals surface area contributed by atoms with E-state index in [2.05, 4.69) is 64.6 Å². The molecule has 0 aromatic heterocycles. The number of ketones is 1. The zero-order valence-electron chi connectivity index (χ0n) is 17.2. The Morgan fingerprint density at radius 3 is 2.24 bits per heavy atom. The molecule has 25 heavy (non-hydrogen) atoms. The minimum absolute atomic E-state index is 0.106. The molecule has 0 amide bonds. The summed E-state index contributed by atoms with van der Waals surface area (Å²) in [5.74, 6) is 0.306. The molecular formula is C22H38O2Si. The van der Waals surface area contributed by atoms with Crippen molar-refractivity contribution in [3.63, 3.8) is 0 Å². The number of Topliss-reactive ketones (excluding diaryl/α,β-unsaturated/α-hetero) is 1. The first-order valence-corrected chi connectivity index (χ1v) is 12.0. The highest BCUT2D eigenvalue weighted by Gasteiger charge is 2.26. The highest BCUT2D eigenvalue weighted by atomic mass is 28.3. The Morgan fingerprint density at radius 1 is 1.04 bits per heavy atom. The minimum atomic E-state index is -1.11. The predicted molar refractivity (Wildman–Crippen MR) is 111 cm³/mol. The van der Waals surface area contributed by atoms with Gasteiger partial charge in [0.05, 0.1) is 0 Å². The maximum Gasteiger partial charge on any atom is 0.179 e. The molecule has 0 aliphatic rings. The quantitative estimate of drug-likeness (QED) is 0.359. The van der Waals surface area contributed by atoms with Crippen LogP contribution in [-0.4, -0.2) is 21.4 Å². The van der Waals surface area contributed by atoms with Gasteiger partial charge in [-0.25, -0.2) is 0 Å². The van der Waals surface area contributed by atoms with Gasteiger partial charge in [-0.1, -0.05) is 64.4 Å². The molecule has 0 aliphatic carbocycles. The van der Waals surface area contributed by atoms with Crippen molar-refractivity contribution in [1.29, 1.82) is 0 Å². The molecule has 0 spiro atoms. The number of benzene rings is 1. The number of carbonyl (C=O) groups excluding carboxylic acids is 1. The monoisotopic (exact) mass is 362 g/mol. The standard InChI is InChI=1S/C22H38O2Si/c1-19(23)18-22(5,16-14-20-12-8-7-9-13-20)15-10-11-17-24-25(6)21(2,3)4/h7-9,12-13,25H,10-11,14-18H2,1-6H3/t22-,25?/m0/s1. The number of hydrogen-bond acceptors (Lipinski definition) is 2. The van der Waals surface area contributed by atoms with Crippen LogP contribution in [0.5, 0.6) is 0 Å². The van der Waals surface area contributed by atoms with Crippen LogP contribution in [-0.2, 0) is 15.6 Å². The van der Waals surface area contributed by atoms with Gasteiger partial charge in [0.15, 0.2) is 9.04 Å². The summed E-state index contributed by atoms with van der Waals surface area (Å²) in [5.41, 5.74) is 1.47. The SMILES string of the molecule is CC(=O)C[C@@](C)(CCCCO[SiH](C)C(C)(C)C)CCc1ccccc1. The van der Waals surface area contributed by atoms with Crippen molar-refractivity contribution in [1.82, 2.24) is 0 Å². The molecule has 0 heterocycles. The number of aryl methyl sites for hydroxylation is 1. The van der Waals surface area contributed by atoms with Gasteiger partial charge in [0, 0.05) is 13.0 Å². The lowest BCUT2D eigenvalue weighted by Gasteiger charge is -2.29. The summed E-state index contributed by atoms with van der Waals surface area (Å²) in [4.78, 5) is 11.7. The van der Waals surface area contributed by atoms with Crippen molar-refractivity contribution in [2.45, 2.75) is 84.7 Å². The Labute approximate surface area is 157 Å². The van der Waals surface area contributed by atoms with Crippen LogP contribution >= 0.6 is 0 Å². The van der Waals surface area contributed by atoms with Crippen molar-refractivity contribution in [2.24, 2.45) is 5.41 Å². The average Bonchev–Trinajstić information content (AvgIpc) is 2.52. The van der Waals surface area contributed by atoms with Crippen molar-refractivity contribution in [3.8, 4) is 0 Å². The fraction of sp³-hybridized carbons (Fsp3) is 0.682. The van der Waals surface area contributed by atoms with Gasteiger partial charge in [-0.15, -0.1) is 0 Å². The summed E-state index contributed by atoms with van der Waals surface area (Å²) in [7, 11) is -1.11. The van der Waals surface area contributed by atoms with E-state index < -0.39 is 9.04 Å². The van der Waals surface area contributed by atoms with E-state index in [1.54, 1.807) is 6.92 Å². The third-order valence-electron chi connectivity index (χ3n) is 5.30. The second-order valence-corrected chi connectivity index (χ2v) is 12.4. The molecule has 0 N–H and O–H groups in total. The Bertz CT molecular complexity index is 507. The predicted octanol–water partition coefficient (Wildman–Crippen LogP) is 5.95. The lowest BCUT2D eigenvalue weighted by molar-refractivity contribution is -0.119. The molecule has 1 rings (SSSR count). The molecule has 1 aromatic carbocycles. The second kappa shape index (κ2) is 10.3. The first-order chi connectivity index (χ1) is 11.6. The van der Waals surface area contributed by atoms with Crippen LogP contribution in [0.3, 0.4) is 0 Å². The van der Waals surface area contributed by atoms with Gasteiger partial charge in [0.25, 0.3) is 0 Å². The Balaban J connectivity index is 2.42. The van der Waals surface area contributed by atoms with Gasteiger partial charge in [0.2, 0.25) is 0 Å². The summed E-state index contributed by atoms with van der Waals surface area (Å²) in [6, 6.07) is 10.6. The van der Waals surface area contributed by atoms with Gasteiger partial charge in [-0.2, -0.15) is 0 Å². The van der Waals surface area contributed by atoms with Crippen molar-refractivity contribution >= 4 is 14.8 Å². The van der Waals surface area contributed by atoms with Crippen molar-refractivity contribution in [2.75, 3.05) is 6.61 Å². The topological polar surface area (TPSA) is 26.3 Å².